The number of ketones is 1. The third-order valence-electron chi connectivity index (χ3n) is 3.05. The molecule has 0 unspecified atom stereocenters. The summed E-state index contributed by atoms with van der Waals surface area (Å²) >= 11 is 1.31. The molecule has 0 aliphatic heterocycles. The van der Waals surface area contributed by atoms with Gasteiger partial charge in [0.1, 0.15) is 0 Å². The molecule has 0 saturated carbocycles. The molecule has 8 heteroatoms. The zero-order valence-corrected chi connectivity index (χ0v) is 13.3. The van der Waals surface area contributed by atoms with Crippen LogP contribution in [0.1, 0.15) is 24.9 Å². The molecule has 0 aliphatic carbocycles. The number of carbonyl (C=O) groups is 2. The summed E-state index contributed by atoms with van der Waals surface area (Å²) in [4.78, 5) is 35.7. The molecular formula is C15H14N2O5S. The van der Waals surface area contributed by atoms with Crippen molar-refractivity contribution in [2.75, 3.05) is 19.0 Å². The lowest BCUT2D eigenvalue weighted by atomic mass is 10.1. The van der Waals surface area contributed by atoms with E-state index < -0.39 is 17.5 Å². The molecule has 0 atom stereocenters. The van der Waals surface area contributed by atoms with Gasteiger partial charge in [-0.2, -0.15) is 0 Å². The van der Waals surface area contributed by atoms with E-state index in [2.05, 4.69) is 5.32 Å². The predicted octanol–water partition coefficient (Wildman–Crippen LogP) is 3.05. The Bertz CT molecular complexity index is 769. The number of nitro groups is 1. The number of thiophene rings is 1. The van der Waals surface area contributed by atoms with Crippen molar-refractivity contribution in [1.82, 2.24) is 0 Å². The SMILES string of the molecule is CNc1ccc([N+](=O)[O-])cc1C(=O)OCC(=O)c1ccc(C)s1. The lowest BCUT2D eigenvalue weighted by Crippen LogP contribution is -2.15. The number of aryl methyl sites for hydroxylation is 1. The average Bonchev–Trinajstić information content (AvgIpc) is 2.98. The molecule has 0 bridgehead atoms. The van der Waals surface area contributed by atoms with Gasteiger partial charge in [0, 0.05) is 29.7 Å². The van der Waals surface area contributed by atoms with Gasteiger partial charge in [0.25, 0.3) is 5.69 Å². The Morgan fingerprint density at radius 1 is 1.30 bits per heavy atom. The normalized spacial score (nSPS) is 10.2. The summed E-state index contributed by atoms with van der Waals surface area (Å²) in [6, 6.07) is 7.29. The van der Waals surface area contributed by atoms with Crippen LogP contribution in [-0.4, -0.2) is 30.3 Å². The van der Waals surface area contributed by atoms with E-state index in [1.165, 1.54) is 23.5 Å². The minimum Gasteiger partial charge on any atom is -0.454 e. The fourth-order valence-corrected chi connectivity index (χ4v) is 2.69. The summed E-state index contributed by atoms with van der Waals surface area (Å²) in [7, 11) is 1.58. The van der Waals surface area contributed by atoms with Gasteiger partial charge in [-0.1, -0.05) is 0 Å². The lowest BCUT2D eigenvalue weighted by molar-refractivity contribution is -0.384. The monoisotopic (exact) mass is 334 g/mol. The van der Waals surface area contributed by atoms with Crippen molar-refractivity contribution in [3.8, 4) is 0 Å². The Hall–Kier alpha value is -2.74. The molecule has 1 aromatic carbocycles. The van der Waals surface area contributed by atoms with Crippen LogP contribution in [0.15, 0.2) is 30.3 Å². The standard InChI is InChI=1S/C15H14N2O5S/c1-9-3-6-14(23-9)13(18)8-22-15(19)11-7-10(17(20)21)4-5-12(11)16-2/h3-7,16H,8H2,1-2H3. The Labute approximate surface area is 136 Å². The van der Waals surface area contributed by atoms with Crippen LogP contribution in [0.2, 0.25) is 0 Å². The first kappa shape index (κ1) is 16.6. The van der Waals surface area contributed by atoms with Crippen LogP contribution < -0.4 is 5.32 Å². The van der Waals surface area contributed by atoms with Gasteiger partial charge < -0.3 is 10.1 Å². The summed E-state index contributed by atoms with van der Waals surface area (Å²) in [5.74, 6) is -1.10. The molecule has 23 heavy (non-hydrogen) atoms. The van der Waals surface area contributed by atoms with Gasteiger partial charge in [-0.3, -0.25) is 14.9 Å². The molecule has 0 fully saturated rings. The largest absolute Gasteiger partial charge is 0.454 e. The molecule has 1 aromatic heterocycles. The highest BCUT2D eigenvalue weighted by molar-refractivity contribution is 7.14. The molecule has 2 aromatic rings. The lowest BCUT2D eigenvalue weighted by Gasteiger charge is -2.08. The van der Waals surface area contributed by atoms with E-state index in [-0.39, 0.29) is 17.0 Å². The van der Waals surface area contributed by atoms with Crippen LogP contribution in [0.3, 0.4) is 0 Å². The highest BCUT2D eigenvalue weighted by Gasteiger charge is 2.19. The number of hydrogen-bond acceptors (Lipinski definition) is 7. The van der Waals surface area contributed by atoms with E-state index in [0.29, 0.717) is 10.6 Å². The van der Waals surface area contributed by atoms with E-state index in [9.17, 15) is 19.7 Å². The molecule has 0 aliphatic rings. The second-order valence-electron chi connectivity index (χ2n) is 4.65. The van der Waals surface area contributed by atoms with Crippen molar-refractivity contribution in [2.24, 2.45) is 0 Å². The average molecular weight is 334 g/mol. The topological polar surface area (TPSA) is 98.5 Å². The number of benzene rings is 1. The van der Waals surface area contributed by atoms with Gasteiger partial charge >= 0.3 is 5.97 Å². The third kappa shape index (κ3) is 3.92. The highest BCUT2D eigenvalue weighted by Crippen LogP contribution is 2.23. The fraction of sp³-hybridized carbons (Fsp3) is 0.200. The minimum atomic E-state index is -0.792. The number of nitro benzene ring substituents is 1. The van der Waals surface area contributed by atoms with Crippen molar-refractivity contribution in [3.63, 3.8) is 0 Å². The Morgan fingerprint density at radius 2 is 2.04 bits per heavy atom. The number of ether oxygens (including phenoxy) is 1. The Kier molecular flexibility index (Phi) is 5.07. The first-order valence-electron chi connectivity index (χ1n) is 6.65. The van der Waals surface area contributed by atoms with E-state index in [1.807, 2.05) is 6.92 Å². The molecule has 0 saturated heterocycles. The summed E-state index contributed by atoms with van der Waals surface area (Å²) < 4.78 is 4.99. The van der Waals surface area contributed by atoms with E-state index >= 15 is 0 Å². The van der Waals surface area contributed by atoms with Crippen LogP contribution in [0.25, 0.3) is 0 Å². The number of nitrogens with one attached hydrogen (secondary N) is 1. The van der Waals surface area contributed by atoms with Crippen LogP contribution >= 0.6 is 11.3 Å². The minimum absolute atomic E-state index is 0.0110. The molecule has 1 N–H and O–H groups in total. The number of rotatable bonds is 6. The van der Waals surface area contributed by atoms with Gasteiger partial charge in [0.2, 0.25) is 5.78 Å². The highest BCUT2D eigenvalue weighted by atomic mass is 32.1. The molecule has 120 valence electrons. The maximum atomic E-state index is 12.1. The predicted molar refractivity (Wildman–Crippen MR) is 86.3 cm³/mol. The van der Waals surface area contributed by atoms with Crippen LogP contribution in [-0.2, 0) is 4.74 Å². The van der Waals surface area contributed by atoms with E-state index in [4.69, 9.17) is 4.74 Å². The summed E-state index contributed by atoms with van der Waals surface area (Å²) in [5, 5.41) is 13.6. The number of non-ortho nitro benzene ring substituents is 1. The molecule has 2 rings (SSSR count). The third-order valence-corrected chi connectivity index (χ3v) is 4.09. The maximum absolute atomic E-state index is 12.1. The number of esters is 1. The molecule has 1 heterocycles. The summed E-state index contributed by atoms with van der Waals surface area (Å²) in [6.07, 6.45) is 0. The van der Waals surface area contributed by atoms with Gasteiger partial charge in [-0.15, -0.1) is 11.3 Å². The van der Waals surface area contributed by atoms with Gasteiger partial charge in [0.15, 0.2) is 6.61 Å². The summed E-state index contributed by atoms with van der Waals surface area (Å²) in [6.45, 7) is 1.46. The fourth-order valence-electron chi connectivity index (χ4n) is 1.90. The first-order valence-corrected chi connectivity index (χ1v) is 7.47. The first-order chi connectivity index (χ1) is 10.9. The van der Waals surface area contributed by atoms with Crippen molar-refractivity contribution in [2.45, 2.75) is 6.92 Å². The van der Waals surface area contributed by atoms with Gasteiger partial charge in [0.05, 0.1) is 15.4 Å². The number of anilines is 1. The Morgan fingerprint density at radius 3 is 2.61 bits per heavy atom. The number of carbonyl (C=O) groups excluding carboxylic acids is 2. The smallest absolute Gasteiger partial charge is 0.340 e. The quantitative estimate of drug-likeness (QED) is 0.377. The molecular weight excluding hydrogens is 320 g/mol. The second-order valence-corrected chi connectivity index (χ2v) is 5.93. The van der Waals surface area contributed by atoms with Crippen molar-refractivity contribution in [3.05, 3.63) is 55.8 Å². The van der Waals surface area contributed by atoms with Crippen molar-refractivity contribution in [1.29, 1.82) is 0 Å². The number of hydrogen-bond donors (Lipinski definition) is 1. The van der Waals surface area contributed by atoms with E-state index in [1.54, 1.807) is 19.2 Å². The van der Waals surface area contributed by atoms with Gasteiger partial charge in [-0.25, -0.2) is 4.79 Å². The number of Topliss-reactive ketones (excluding diaryl/α,β-unsaturated/α-hetero) is 1. The molecule has 0 radical (unpaired) electrons. The second kappa shape index (κ2) is 7.01. The van der Waals surface area contributed by atoms with E-state index in [0.717, 1.165) is 10.9 Å². The molecule has 0 spiro atoms. The van der Waals surface area contributed by atoms with Gasteiger partial charge in [-0.05, 0) is 25.1 Å². The zero-order chi connectivity index (χ0) is 17.0. The Balaban J connectivity index is 2.12. The van der Waals surface area contributed by atoms with Crippen LogP contribution in [0.4, 0.5) is 11.4 Å². The summed E-state index contributed by atoms with van der Waals surface area (Å²) in [5.41, 5.74) is 0.174. The number of nitrogens with zero attached hydrogens (tertiary/aromatic N) is 1. The van der Waals surface area contributed by atoms with Crippen molar-refractivity contribution < 1.29 is 19.2 Å². The molecule has 0 amide bonds. The zero-order valence-electron chi connectivity index (χ0n) is 12.5. The van der Waals surface area contributed by atoms with Crippen molar-refractivity contribution >= 4 is 34.5 Å². The molecule has 7 nitrogen and oxygen atoms in total. The van der Waals surface area contributed by atoms with Crippen LogP contribution in [0, 0.1) is 17.0 Å². The van der Waals surface area contributed by atoms with Crippen LogP contribution in [0.5, 0.6) is 0 Å². The maximum Gasteiger partial charge on any atom is 0.340 e.